The van der Waals surface area contributed by atoms with Gasteiger partial charge in [-0.1, -0.05) is 27.7 Å². The zero-order chi connectivity index (χ0) is 36.3. The van der Waals surface area contributed by atoms with Crippen molar-refractivity contribution in [3.8, 4) is 0 Å². The normalized spacial score (nSPS) is 32.2. The SMILES string of the molecule is COCCOC(=O)NCC(=O)N[C@H]1C([C@H](O)[C@H](O)CO)O[C@](C)(OCC2O[C@H](OC(C(C)C)C(C)C)C(NC(C)=O)[C@@H](O)[C@H]2O)C[C@H]1O. The van der Waals surface area contributed by atoms with Crippen LogP contribution in [0.25, 0.3) is 0 Å². The minimum atomic E-state index is -1.83. The fourth-order valence-corrected chi connectivity index (χ4v) is 5.74. The third kappa shape index (κ3) is 12.0. The summed E-state index contributed by atoms with van der Waals surface area (Å²) in [6.07, 6.45) is -13.6. The number of nitrogens with one attached hydrogen (secondary N) is 3. The largest absolute Gasteiger partial charge is 0.447 e. The van der Waals surface area contributed by atoms with E-state index in [1.165, 1.54) is 21.0 Å². The average Bonchev–Trinajstić information content (AvgIpc) is 3.01. The summed E-state index contributed by atoms with van der Waals surface area (Å²) in [5, 5.41) is 70.8. The van der Waals surface area contributed by atoms with Crippen LogP contribution in [0.5, 0.6) is 0 Å². The Hall–Kier alpha value is -2.23. The summed E-state index contributed by atoms with van der Waals surface area (Å²) in [4.78, 5) is 36.3. The molecule has 48 heavy (non-hydrogen) atoms. The Morgan fingerprint density at radius 2 is 1.62 bits per heavy atom. The highest BCUT2D eigenvalue weighted by atomic mass is 16.7. The summed E-state index contributed by atoms with van der Waals surface area (Å²) in [6.45, 7) is 8.67. The van der Waals surface area contributed by atoms with E-state index in [1.54, 1.807) is 0 Å². The van der Waals surface area contributed by atoms with E-state index in [0.29, 0.717) is 0 Å². The van der Waals surface area contributed by atoms with E-state index < -0.39 is 105 Å². The monoisotopic (exact) mass is 697 g/mol. The lowest BCUT2D eigenvalue weighted by Gasteiger charge is -2.48. The second-order valence-corrected chi connectivity index (χ2v) is 13.0. The molecule has 2 aliphatic heterocycles. The number of carbonyl (C=O) groups is 3. The molecule has 9 N–H and O–H groups in total. The minimum absolute atomic E-state index is 0.0397. The summed E-state index contributed by atoms with van der Waals surface area (Å²) in [5.74, 6) is -2.91. The van der Waals surface area contributed by atoms with Crippen LogP contribution in [0.15, 0.2) is 0 Å². The molecule has 0 spiro atoms. The van der Waals surface area contributed by atoms with Gasteiger partial charge < -0.3 is 75.0 Å². The zero-order valence-corrected chi connectivity index (χ0v) is 28.6. The first-order valence-electron chi connectivity index (χ1n) is 16.0. The van der Waals surface area contributed by atoms with Crippen LogP contribution in [-0.2, 0) is 38.0 Å². The van der Waals surface area contributed by atoms with Crippen molar-refractivity contribution in [2.24, 2.45) is 11.8 Å². The van der Waals surface area contributed by atoms with Crippen molar-refractivity contribution in [1.29, 1.82) is 0 Å². The molecule has 2 saturated heterocycles. The Morgan fingerprint density at radius 1 is 0.979 bits per heavy atom. The maximum absolute atomic E-state index is 12.6. The predicted molar refractivity (Wildman–Crippen MR) is 165 cm³/mol. The Morgan fingerprint density at radius 3 is 2.19 bits per heavy atom. The lowest BCUT2D eigenvalue weighted by molar-refractivity contribution is -0.336. The van der Waals surface area contributed by atoms with Gasteiger partial charge in [0.1, 0.15) is 55.8 Å². The second kappa shape index (κ2) is 19.2. The van der Waals surface area contributed by atoms with Gasteiger partial charge in [-0.15, -0.1) is 0 Å². The first-order valence-corrected chi connectivity index (χ1v) is 16.0. The Kier molecular flexibility index (Phi) is 16.8. The van der Waals surface area contributed by atoms with Crippen LogP contribution in [0.3, 0.4) is 0 Å². The lowest BCUT2D eigenvalue weighted by Crippen LogP contribution is -2.67. The van der Waals surface area contributed by atoms with E-state index in [4.69, 9.17) is 28.4 Å². The van der Waals surface area contributed by atoms with Crippen LogP contribution in [0.2, 0.25) is 0 Å². The number of ether oxygens (including phenoxy) is 6. The van der Waals surface area contributed by atoms with Gasteiger partial charge in [-0.25, -0.2) is 4.79 Å². The molecule has 0 aromatic heterocycles. The van der Waals surface area contributed by atoms with E-state index in [9.17, 15) is 45.0 Å². The van der Waals surface area contributed by atoms with Crippen molar-refractivity contribution in [3.05, 3.63) is 0 Å². The van der Waals surface area contributed by atoms with E-state index in [-0.39, 0.29) is 37.6 Å². The Balaban J connectivity index is 2.20. The van der Waals surface area contributed by atoms with E-state index in [2.05, 4.69) is 16.0 Å². The number of methoxy groups -OCH3 is 1. The fraction of sp³-hybridized carbons (Fsp3) is 0.900. The second-order valence-electron chi connectivity index (χ2n) is 13.0. The molecule has 280 valence electrons. The summed E-state index contributed by atoms with van der Waals surface area (Å²) in [5.41, 5.74) is 0. The van der Waals surface area contributed by atoms with Gasteiger partial charge >= 0.3 is 6.09 Å². The minimum Gasteiger partial charge on any atom is -0.447 e. The molecule has 2 heterocycles. The maximum atomic E-state index is 12.6. The van der Waals surface area contributed by atoms with Gasteiger partial charge in [-0.3, -0.25) is 9.59 Å². The molecule has 0 radical (unpaired) electrons. The number of aliphatic hydroxyl groups excluding tert-OH is 6. The van der Waals surface area contributed by atoms with Crippen LogP contribution in [0.1, 0.15) is 48.0 Å². The highest BCUT2D eigenvalue weighted by molar-refractivity contribution is 5.82. The first kappa shape index (κ1) is 41.9. The van der Waals surface area contributed by atoms with Gasteiger partial charge in [0.05, 0.1) is 38.1 Å². The molecule has 0 bridgehead atoms. The maximum Gasteiger partial charge on any atom is 0.407 e. The first-order chi connectivity index (χ1) is 22.4. The lowest BCUT2D eigenvalue weighted by atomic mass is 9.89. The molecular weight excluding hydrogens is 642 g/mol. The number of carbonyl (C=O) groups excluding carboxylic acids is 3. The van der Waals surface area contributed by atoms with Crippen LogP contribution in [0.4, 0.5) is 4.79 Å². The molecule has 11 atom stereocenters. The van der Waals surface area contributed by atoms with Gasteiger partial charge in [0.25, 0.3) is 0 Å². The van der Waals surface area contributed by atoms with Crippen molar-refractivity contribution in [2.75, 3.05) is 40.1 Å². The quantitative estimate of drug-likeness (QED) is 0.0690. The molecule has 0 aromatic rings. The average molecular weight is 698 g/mol. The Labute approximate surface area is 280 Å². The zero-order valence-electron chi connectivity index (χ0n) is 28.6. The number of rotatable bonds is 17. The highest BCUT2D eigenvalue weighted by Gasteiger charge is 2.51. The van der Waals surface area contributed by atoms with Crippen LogP contribution in [-0.4, -0.2) is 162 Å². The molecule has 3 amide bonds. The van der Waals surface area contributed by atoms with Crippen molar-refractivity contribution >= 4 is 17.9 Å². The molecule has 0 saturated carbocycles. The molecule has 0 aliphatic carbocycles. The number of aliphatic hydroxyl groups is 6. The van der Waals surface area contributed by atoms with Crippen LogP contribution in [0, 0.1) is 11.8 Å². The van der Waals surface area contributed by atoms with Crippen molar-refractivity contribution in [2.45, 2.75) is 121 Å². The highest BCUT2D eigenvalue weighted by Crippen LogP contribution is 2.34. The van der Waals surface area contributed by atoms with Gasteiger partial charge in [0.2, 0.25) is 11.8 Å². The van der Waals surface area contributed by atoms with Gasteiger partial charge in [0, 0.05) is 20.5 Å². The van der Waals surface area contributed by atoms with Gasteiger partial charge in [-0.2, -0.15) is 0 Å². The third-order valence-corrected chi connectivity index (χ3v) is 8.12. The third-order valence-electron chi connectivity index (χ3n) is 8.12. The van der Waals surface area contributed by atoms with Crippen LogP contribution >= 0.6 is 0 Å². The predicted octanol–water partition coefficient (Wildman–Crippen LogP) is -2.91. The van der Waals surface area contributed by atoms with Gasteiger partial charge in [-0.05, 0) is 18.8 Å². The van der Waals surface area contributed by atoms with Crippen molar-refractivity contribution in [1.82, 2.24) is 16.0 Å². The van der Waals surface area contributed by atoms with E-state index >= 15 is 0 Å². The molecule has 2 rings (SSSR count). The number of hydrogen-bond acceptors (Lipinski definition) is 15. The molecular formula is C30H55N3O15. The fourth-order valence-electron chi connectivity index (χ4n) is 5.74. The Bertz CT molecular complexity index is 1010. The summed E-state index contributed by atoms with van der Waals surface area (Å²) < 4.78 is 33.8. The summed E-state index contributed by atoms with van der Waals surface area (Å²) in [6, 6.07) is -2.45. The molecule has 2 fully saturated rings. The molecule has 2 aliphatic rings. The number of amides is 3. The summed E-state index contributed by atoms with van der Waals surface area (Å²) in [7, 11) is 1.42. The smallest absolute Gasteiger partial charge is 0.407 e. The number of alkyl carbamates (subject to hydrolysis) is 1. The molecule has 18 heteroatoms. The molecule has 3 unspecified atom stereocenters. The standard InChI is InChI=1S/C30H55N3O15/c1-14(2)26(15(3)4)47-28-22(32-16(5)35)25(41)24(40)19(46-28)13-45-30(6)10-17(36)21(27(48-30)23(39)18(37)12-34)33-20(38)11-31-29(42)44-9-8-43-7/h14-15,17-19,21-28,34,36-37,39-41H,8-13H2,1-7H3,(H,31,42)(H,32,35)(H,33,38)/t17-,18-,19?,21-,22?,23-,24+,25-,27?,28-,30+/m1/s1. The van der Waals surface area contributed by atoms with E-state index in [1.807, 2.05) is 27.7 Å². The van der Waals surface area contributed by atoms with E-state index in [0.717, 1.165) is 0 Å². The van der Waals surface area contributed by atoms with Crippen molar-refractivity contribution < 1.29 is 73.4 Å². The number of hydrogen-bond donors (Lipinski definition) is 9. The van der Waals surface area contributed by atoms with Crippen molar-refractivity contribution in [3.63, 3.8) is 0 Å². The topological polar surface area (TPSA) is 264 Å². The molecule has 0 aromatic carbocycles. The van der Waals surface area contributed by atoms with Crippen LogP contribution < -0.4 is 16.0 Å². The summed E-state index contributed by atoms with van der Waals surface area (Å²) >= 11 is 0. The van der Waals surface area contributed by atoms with Gasteiger partial charge in [0.15, 0.2) is 12.1 Å². The molecule has 18 nitrogen and oxygen atoms in total.